The maximum Gasteiger partial charge on any atom is 0.00112 e. The Balaban J connectivity index is 1.74. The van der Waals surface area contributed by atoms with Gasteiger partial charge >= 0.3 is 0 Å². The van der Waals surface area contributed by atoms with E-state index in [1.807, 2.05) is 0 Å². The lowest BCUT2D eigenvalue weighted by molar-refractivity contribution is 0.104. The fraction of sp³-hybridized carbons (Fsp3) is 1.00. The number of hydrogen-bond acceptors (Lipinski definition) is 1. The SMILES string of the molecule is C1CCC2(CC1)CNCC2C1CCCC1. The summed E-state index contributed by atoms with van der Waals surface area (Å²) in [4.78, 5) is 0. The lowest BCUT2D eigenvalue weighted by atomic mass is 9.63. The predicted octanol–water partition coefficient (Wildman–Crippen LogP) is 3.35. The van der Waals surface area contributed by atoms with Gasteiger partial charge in [-0.15, -0.1) is 0 Å². The molecule has 3 aliphatic rings. The van der Waals surface area contributed by atoms with Crippen LogP contribution in [0, 0.1) is 17.3 Å². The molecule has 1 N–H and O–H groups in total. The normalized spacial score (nSPS) is 36.4. The van der Waals surface area contributed by atoms with Crippen molar-refractivity contribution in [3.63, 3.8) is 0 Å². The third kappa shape index (κ3) is 1.73. The van der Waals surface area contributed by atoms with Crippen molar-refractivity contribution in [2.24, 2.45) is 17.3 Å². The molecule has 0 aromatic rings. The zero-order valence-corrected chi connectivity index (χ0v) is 9.93. The van der Waals surface area contributed by atoms with Crippen molar-refractivity contribution in [1.29, 1.82) is 0 Å². The predicted molar refractivity (Wildman–Crippen MR) is 63.8 cm³/mol. The Labute approximate surface area is 94.0 Å². The molecule has 1 saturated heterocycles. The van der Waals surface area contributed by atoms with Gasteiger partial charge in [-0.1, -0.05) is 44.9 Å². The molecule has 1 nitrogen and oxygen atoms in total. The van der Waals surface area contributed by atoms with Crippen molar-refractivity contribution in [2.45, 2.75) is 57.8 Å². The third-order valence-corrected chi connectivity index (χ3v) is 5.45. The zero-order chi connectivity index (χ0) is 10.1. The molecule has 3 rings (SSSR count). The maximum absolute atomic E-state index is 3.71. The Morgan fingerprint density at radius 3 is 2.33 bits per heavy atom. The molecule has 15 heavy (non-hydrogen) atoms. The standard InChI is InChI=1S/C14H25N/c1-4-8-14(9-5-1)11-15-10-13(14)12-6-2-3-7-12/h12-13,15H,1-11H2. The van der Waals surface area contributed by atoms with Gasteiger partial charge in [-0.3, -0.25) is 0 Å². The van der Waals surface area contributed by atoms with E-state index >= 15 is 0 Å². The lowest BCUT2D eigenvalue weighted by Gasteiger charge is -2.41. The molecule has 86 valence electrons. The molecule has 0 radical (unpaired) electrons. The van der Waals surface area contributed by atoms with Crippen LogP contribution in [-0.4, -0.2) is 13.1 Å². The maximum atomic E-state index is 3.71. The summed E-state index contributed by atoms with van der Waals surface area (Å²) in [6.45, 7) is 2.68. The first-order chi connectivity index (χ1) is 7.41. The fourth-order valence-electron chi connectivity index (χ4n) is 4.65. The Kier molecular flexibility index (Phi) is 2.76. The second-order valence-electron chi connectivity index (χ2n) is 6.20. The molecular formula is C14H25N. The second-order valence-corrected chi connectivity index (χ2v) is 6.20. The van der Waals surface area contributed by atoms with E-state index in [0.29, 0.717) is 0 Å². The van der Waals surface area contributed by atoms with Crippen molar-refractivity contribution in [1.82, 2.24) is 5.32 Å². The molecule has 0 aromatic carbocycles. The van der Waals surface area contributed by atoms with Crippen molar-refractivity contribution in [2.75, 3.05) is 13.1 Å². The topological polar surface area (TPSA) is 12.0 Å². The molecule has 3 fully saturated rings. The summed E-state index contributed by atoms with van der Waals surface area (Å²) in [6.07, 6.45) is 13.7. The van der Waals surface area contributed by atoms with Crippen LogP contribution < -0.4 is 5.32 Å². The molecule has 2 saturated carbocycles. The summed E-state index contributed by atoms with van der Waals surface area (Å²) in [6, 6.07) is 0. The quantitative estimate of drug-likeness (QED) is 0.695. The second kappa shape index (κ2) is 4.08. The van der Waals surface area contributed by atoms with Gasteiger partial charge in [0.1, 0.15) is 0 Å². The molecule has 1 spiro atoms. The molecule has 1 unspecified atom stereocenters. The summed E-state index contributed by atoms with van der Waals surface area (Å²) in [5.41, 5.74) is 0.743. The van der Waals surface area contributed by atoms with Gasteiger partial charge < -0.3 is 5.32 Å². The third-order valence-electron chi connectivity index (χ3n) is 5.45. The van der Waals surface area contributed by atoms with Gasteiger partial charge in [0.2, 0.25) is 0 Å². The summed E-state index contributed by atoms with van der Waals surface area (Å²) < 4.78 is 0. The number of nitrogens with one attached hydrogen (secondary N) is 1. The number of rotatable bonds is 1. The highest BCUT2D eigenvalue weighted by atomic mass is 14.9. The molecule has 1 heterocycles. The van der Waals surface area contributed by atoms with Crippen LogP contribution in [-0.2, 0) is 0 Å². The van der Waals surface area contributed by atoms with Crippen LogP contribution in [0.4, 0.5) is 0 Å². The molecular weight excluding hydrogens is 182 g/mol. The van der Waals surface area contributed by atoms with Crippen LogP contribution >= 0.6 is 0 Å². The van der Waals surface area contributed by atoms with E-state index in [1.165, 1.54) is 70.9 Å². The Bertz CT molecular complexity index is 211. The van der Waals surface area contributed by atoms with Crippen LogP contribution in [0.3, 0.4) is 0 Å². The average Bonchev–Trinajstić information content (AvgIpc) is 2.88. The zero-order valence-electron chi connectivity index (χ0n) is 9.93. The van der Waals surface area contributed by atoms with Crippen molar-refractivity contribution >= 4 is 0 Å². The van der Waals surface area contributed by atoms with E-state index in [0.717, 1.165) is 17.3 Å². The monoisotopic (exact) mass is 207 g/mol. The van der Waals surface area contributed by atoms with Crippen LogP contribution in [0.2, 0.25) is 0 Å². The Hall–Kier alpha value is -0.0400. The van der Waals surface area contributed by atoms with E-state index in [9.17, 15) is 0 Å². The first-order valence-corrected chi connectivity index (χ1v) is 7.11. The molecule has 0 amide bonds. The molecule has 0 aromatic heterocycles. The summed E-state index contributed by atoms with van der Waals surface area (Å²) >= 11 is 0. The smallest absolute Gasteiger partial charge is 0.00112 e. The van der Waals surface area contributed by atoms with Gasteiger partial charge in [-0.2, -0.15) is 0 Å². The van der Waals surface area contributed by atoms with Crippen molar-refractivity contribution in [3.8, 4) is 0 Å². The van der Waals surface area contributed by atoms with Gasteiger partial charge in [0.05, 0.1) is 0 Å². The summed E-state index contributed by atoms with van der Waals surface area (Å²) in [5, 5.41) is 3.71. The van der Waals surface area contributed by atoms with E-state index in [4.69, 9.17) is 0 Å². The van der Waals surface area contributed by atoms with E-state index < -0.39 is 0 Å². The van der Waals surface area contributed by atoms with Gasteiger partial charge in [0, 0.05) is 6.54 Å². The van der Waals surface area contributed by atoms with Crippen LogP contribution in [0.5, 0.6) is 0 Å². The largest absolute Gasteiger partial charge is 0.316 e. The molecule has 1 atom stereocenters. The van der Waals surface area contributed by atoms with Crippen LogP contribution in [0.25, 0.3) is 0 Å². The summed E-state index contributed by atoms with van der Waals surface area (Å²) in [7, 11) is 0. The molecule has 2 aliphatic carbocycles. The lowest BCUT2D eigenvalue weighted by Crippen LogP contribution is -2.35. The van der Waals surface area contributed by atoms with Gasteiger partial charge in [-0.05, 0) is 36.6 Å². The van der Waals surface area contributed by atoms with Gasteiger partial charge in [0.15, 0.2) is 0 Å². The Morgan fingerprint density at radius 1 is 0.867 bits per heavy atom. The highest BCUT2D eigenvalue weighted by Gasteiger charge is 2.46. The average molecular weight is 207 g/mol. The highest BCUT2D eigenvalue weighted by molar-refractivity contribution is 4.99. The minimum absolute atomic E-state index is 0.743. The van der Waals surface area contributed by atoms with E-state index in [2.05, 4.69) is 5.32 Å². The highest BCUT2D eigenvalue weighted by Crippen LogP contribution is 2.50. The molecule has 0 bridgehead atoms. The first-order valence-electron chi connectivity index (χ1n) is 7.11. The summed E-state index contributed by atoms with van der Waals surface area (Å²) in [5.74, 6) is 2.12. The van der Waals surface area contributed by atoms with Crippen LogP contribution in [0.1, 0.15) is 57.8 Å². The molecule has 1 heteroatoms. The number of hydrogen-bond donors (Lipinski definition) is 1. The van der Waals surface area contributed by atoms with Crippen molar-refractivity contribution < 1.29 is 0 Å². The van der Waals surface area contributed by atoms with Crippen molar-refractivity contribution in [3.05, 3.63) is 0 Å². The minimum Gasteiger partial charge on any atom is -0.316 e. The fourth-order valence-corrected chi connectivity index (χ4v) is 4.65. The van der Waals surface area contributed by atoms with E-state index in [1.54, 1.807) is 0 Å². The van der Waals surface area contributed by atoms with Gasteiger partial charge in [0.25, 0.3) is 0 Å². The van der Waals surface area contributed by atoms with Crippen LogP contribution in [0.15, 0.2) is 0 Å². The Morgan fingerprint density at radius 2 is 1.60 bits per heavy atom. The minimum atomic E-state index is 0.743. The molecule has 1 aliphatic heterocycles. The van der Waals surface area contributed by atoms with E-state index in [-0.39, 0.29) is 0 Å². The first kappa shape index (κ1) is 10.1. The van der Waals surface area contributed by atoms with Gasteiger partial charge in [-0.25, -0.2) is 0 Å².